The van der Waals surface area contributed by atoms with Crippen molar-refractivity contribution in [2.24, 2.45) is 5.92 Å². The van der Waals surface area contributed by atoms with Crippen LogP contribution in [0.3, 0.4) is 0 Å². The van der Waals surface area contributed by atoms with Gasteiger partial charge in [-0.15, -0.1) is 0 Å². The fourth-order valence-electron chi connectivity index (χ4n) is 4.55. The molecule has 0 spiro atoms. The molecule has 1 fully saturated rings. The third kappa shape index (κ3) is 9.01. The molecule has 1 heterocycles. The summed E-state index contributed by atoms with van der Waals surface area (Å²) in [6.45, 7) is 8.04. The minimum atomic E-state index is -0.980. The summed E-state index contributed by atoms with van der Waals surface area (Å²) in [7, 11) is 1.39. The smallest absolute Gasteiger partial charge is 0.308 e. The van der Waals surface area contributed by atoms with Crippen molar-refractivity contribution >= 4 is 17.7 Å². The average molecular weight is 561 g/mol. The highest BCUT2D eigenvalue weighted by Gasteiger charge is 2.32. The minimum absolute atomic E-state index is 0.0218. The van der Waals surface area contributed by atoms with Crippen molar-refractivity contribution in [1.29, 1.82) is 0 Å². The van der Waals surface area contributed by atoms with Crippen molar-refractivity contribution < 1.29 is 37.4 Å². The molecule has 0 saturated carbocycles. The Morgan fingerprint density at radius 1 is 1.10 bits per heavy atom. The van der Waals surface area contributed by atoms with Crippen LogP contribution in [0.25, 0.3) is 11.1 Å². The van der Waals surface area contributed by atoms with E-state index in [-0.39, 0.29) is 36.3 Å². The van der Waals surface area contributed by atoms with Crippen molar-refractivity contribution in [3.05, 3.63) is 48.0 Å². The topological polar surface area (TPSA) is 94.2 Å². The summed E-state index contributed by atoms with van der Waals surface area (Å²) in [5.41, 5.74) is 0.388. The predicted octanol–water partition coefficient (Wildman–Crippen LogP) is 4.54. The summed E-state index contributed by atoms with van der Waals surface area (Å²) in [4.78, 5) is 39.0. The zero-order chi connectivity index (χ0) is 29.4. The molecule has 40 heavy (non-hydrogen) atoms. The number of methoxy groups -OCH3 is 1. The van der Waals surface area contributed by atoms with Gasteiger partial charge < -0.3 is 19.1 Å². The number of rotatable bonds is 11. The molecule has 218 valence electrons. The molecule has 2 aromatic rings. The van der Waals surface area contributed by atoms with E-state index < -0.39 is 29.2 Å². The van der Waals surface area contributed by atoms with Crippen LogP contribution in [-0.2, 0) is 19.1 Å². The molecule has 0 aliphatic carbocycles. The lowest BCUT2D eigenvalue weighted by molar-refractivity contribution is -0.157. The zero-order valence-corrected chi connectivity index (χ0v) is 23.7. The Kier molecular flexibility index (Phi) is 10.6. The molecule has 0 aromatic heterocycles. The number of carbonyl (C=O) groups is 3. The normalized spacial score (nSPS) is 16.3. The summed E-state index contributed by atoms with van der Waals surface area (Å²) in [6.07, 6.45) is 1.47. The monoisotopic (exact) mass is 560 g/mol. The number of benzene rings is 2. The Hall–Kier alpha value is -3.53. The quantitative estimate of drug-likeness (QED) is 0.404. The van der Waals surface area contributed by atoms with Gasteiger partial charge in [-0.25, -0.2) is 8.78 Å². The highest BCUT2D eigenvalue weighted by molar-refractivity contribution is 5.88. The van der Waals surface area contributed by atoms with Crippen LogP contribution in [-0.4, -0.2) is 67.6 Å². The van der Waals surface area contributed by atoms with Crippen LogP contribution in [0.2, 0.25) is 0 Å². The Morgan fingerprint density at radius 2 is 1.77 bits per heavy atom. The van der Waals surface area contributed by atoms with E-state index in [1.54, 1.807) is 49.9 Å². The maximum atomic E-state index is 13.8. The summed E-state index contributed by atoms with van der Waals surface area (Å²) < 4.78 is 43.9. The molecule has 1 aliphatic rings. The molecule has 2 aromatic carbocycles. The third-order valence-electron chi connectivity index (χ3n) is 6.41. The van der Waals surface area contributed by atoms with Gasteiger partial charge in [0.1, 0.15) is 22.9 Å². The molecule has 10 heteroatoms. The SMILES string of the molecule is COc1cc(F)c(F)cc1-c1ccc(OCC2CCCN(C(=O)[C@H](CC(=O)OC(C)(C)C)NCC(C)=O)C2)cc1. The van der Waals surface area contributed by atoms with Crippen molar-refractivity contribution in [2.75, 3.05) is 33.4 Å². The number of halogens is 2. The van der Waals surface area contributed by atoms with Gasteiger partial charge in [0.2, 0.25) is 5.91 Å². The van der Waals surface area contributed by atoms with Gasteiger partial charge in [0, 0.05) is 30.6 Å². The zero-order valence-electron chi connectivity index (χ0n) is 23.7. The lowest BCUT2D eigenvalue weighted by atomic mass is 9.97. The van der Waals surface area contributed by atoms with Gasteiger partial charge in [0.05, 0.1) is 32.7 Å². The van der Waals surface area contributed by atoms with Gasteiger partial charge in [-0.05, 0) is 64.3 Å². The number of nitrogens with one attached hydrogen (secondary N) is 1. The molecule has 1 N–H and O–H groups in total. The van der Waals surface area contributed by atoms with Gasteiger partial charge in [-0.1, -0.05) is 12.1 Å². The van der Waals surface area contributed by atoms with E-state index in [1.165, 1.54) is 14.0 Å². The minimum Gasteiger partial charge on any atom is -0.496 e. The fraction of sp³-hybridized carbons (Fsp3) is 0.500. The Bertz CT molecular complexity index is 1200. The van der Waals surface area contributed by atoms with E-state index in [4.69, 9.17) is 14.2 Å². The first-order chi connectivity index (χ1) is 18.9. The van der Waals surface area contributed by atoms with Crippen LogP contribution in [0.5, 0.6) is 11.5 Å². The average Bonchev–Trinajstić information content (AvgIpc) is 2.90. The first-order valence-corrected chi connectivity index (χ1v) is 13.4. The lowest BCUT2D eigenvalue weighted by Crippen LogP contribution is -2.52. The molecule has 1 amide bonds. The molecular formula is C30H38F2N2O6. The van der Waals surface area contributed by atoms with Gasteiger partial charge in [-0.3, -0.25) is 19.7 Å². The number of esters is 1. The highest BCUT2D eigenvalue weighted by Crippen LogP contribution is 2.33. The summed E-state index contributed by atoms with van der Waals surface area (Å²) in [5, 5.41) is 2.91. The van der Waals surface area contributed by atoms with Crippen molar-refractivity contribution in [1.82, 2.24) is 10.2 Å². The molecule has 0 radical (unpaired) electrons. The van der Waals surface area contributed by atoms with Crippen LogP contribution < -0.4 is 14.8 Å². The number of amides is 1. The second kappa shape index (κ2) is 13.7. The highest BCUT2D eigenvalue weighted by atomic mass is 19.2. The van der Waals surface area contributed by atoms with Crippen LogP contribution >= 0.6 is 0 Å². The molecular weight excluding hydrogens is 522 g/mol. The van der Waals surface area contributed by atoms with E-state index >= 15 is 0 Å². The summed E-state index contributed by atoms with van der Waals surface area (Å²) >= 11 is 0. The number of hydrogen-bond acceptors (Lipinski definition) is 7. The van der Waals surface area contributed by atoms with E-state index in [0.717, 1.165) is 25.0 Å². The van der Waals surface area contributed by atoms with E-state index in [9.17, 15) is 23.2 Å². The number of nitrogens with zero attached hydrogens (tertiary/aromatic N) is 1. The molecule has 1 saturated heterocycles. The third-order valence-corrected chi connectivity index (χ3v) is 6.41. The van der Waals surface area contributed by atoms with Gasteiger partial charge in [0.25, 0.3) is 0 Å². The predicted molar refractivity (Wildman–Crippen MR) is 146 cm³/mol. The summed E-state index contributed by atoms with van der Waals surface area (Å²) in [5.74, 6) is -1.95. The standard InChI is InChI=1S/C30H38F2N2O6/c1-19(35)16-33-26(15-28(36)40-30(2,3)4)29(37)34-12-6-7-20(17-34)18-39-22-10-8-21(9-11-22)23-13-24(31)25(32)14-27(23)38-5/h8-11,13-14,20,26,33H,6-7,12,15-18H2,1-5H3/t20?,26-/m0/s1. The molecule has 1 unspecified atom stereocenters. The van der Waals surface area contributed by atoms with Gasteiger partial charge in [-0.2, -0.15) is 0 Å². The number of Topliss-reactive ketones (excluding diaryl/α,β-unsaturated/α-hetero) is 1. The molecule has 1 aliphatic heterocycles. The second-order valence-corrected chi connectivity index (χ2v) is 11.0. The number of ether oxygens (including phenoxy) is 3. The van der Waals surface area contributed by atoms with E-state index in [0.29, 0.717) is 36.6 Å². The first kappa shape index (κ1) is 31.0. The van der Waals surface area contributed by atoms with Crippen molar-refractivity contribution in [2.45, 2.75) is 58.6 Å². The van der Waals surface area contributed by atoms with Crippen LogP contribution in [0.15, 0.2) is 36.4 Å². The maximum absolute atomic E-state index is 13.8. The molecule has 2 atom stereocenters. The Balaban J connectivity index is 1.61. The second-order valence-electron chi connectivity index (χ2n) is 11.0. The summed E-state index contributed by atoms with van der Waals surface area (Å²) in [6, 6.07) is 8.21. The lowest BCUT2D eigenvalue weighted by Gasteiger charge is -2.35. The van der Waals surface area contributed by atoms with Crippen molar-refractivity contribution in [3.63, 3.8) is 0 Å². The Morgan fingerprint density at radius 3 is 2.40 bits per heavy atom. The molecule has 8 nitrogen and oxygen atoms in total. The Labute approximate surface area is 234 Å². The number of hydrogen-bond donors (Lipinski definition) is 1. The largest absolute Gasteiger partial charge is 0.496 e. The van der Waals surface area contributed by atoms with Crippen molar-refractivity contribution in [3.8, 4) is 22.6 Å². The van der Waals surface area contributed by atoms with E-state index in [1.807, 2.05) is 0 Å². The number of ketones is 1. The maximum Gasteiger partial charge on any atom is 0.308 e. The van der Waals surface area contributed by atoms with Gasteiger partial charge >= 0.3 is 5.97 Å². The molecule has 3 rings (SSSR count). The fourth-order valence-corrected chi connectivity index (χ4v) is 4.55. The van der Waals surface area contributed by atoms with Crippen LogP contribution in [0.1, 0.15) is 47.0 Å². The number of piperidine rings is 1. The number of carbonyl (C=O) groups excluding carboxylic acids is 3. The van der Waals surface area contributed by atoms with Gasteiger partial charge in [0.15, 0.2) is 11.6 Å². The van der Waals surface area contributed by atoms with Crippen LogP contribution in [0, 0.1) is 17.6 Å². The first-order valence-electron chi connectivity index (χ1n) is 13.4. The number of likely N-dealkylation sites (tertiary alicyclic amines) is 1. The van der Waals surface area contributed by atoms with E-state index in [2.05, 4.69) is 5.32 Å². The van der Waals surface area contributed by atoms with Crippen LogP contribution in [0.4, 0.5) is 8.78 Å². The molecule has 0 bridgehead atoms.